The maximum Gasteiger partial charge on any atom is 0.130 e. The summed E-state index contributed by atoms with van der Waals surface area (Å²) in [4.78, 5) is 0. The van der Waals surface area contributed by atoms with Gasteiger partial charge in [-0.1, -0.05) is 13.0 Å². The van der Waals surface area contributed by atoms with Gasteiger partial charge >= 0.3 is 0 Å². The SMILES string of the molecule is C[C@]12CC[C@H](CC[C@@H]3CC[C@H](O)C[C@@H]3CO)[C@@H](CO)[C@@H]1CC=C2c1ccco1. The summed E-state index contributed by atoms with van der Waals surface area (Å²) in [6.07, 6.45) is 12.1. The van der Waals surface area contributed by atoms with Gasteiger partial charge in [-0.05, 0) is 104 Å². The lowest BCUT2D eigenvalue weighted by Crippen LogP contribution is -2.41. The quantitative estimate of drug-likeness (QED) is 0.681. The van der Waals surface area contributed by atoms with Crippen molar-refractivity contribution in [2.45, 2.75) is 64.4 Å². The zero-order chi connectivity index (χ0) is 19.7. The Morgan fingerprint density at radius 3 is 2.61 bits per heavy atom. The largest absolute Gasteiger partial charge is 0.465 e. The third kappa shape index (κ3) is 3.59. The number of furan rings is 1. The van der Waals surface area contributed by atoms with Gasteiger partial charge in [0, 0.05) is 13.2 Å². The van der Waals surface area contributed by atoms with Gasteiger partial charge in [-0.25, -0.2) is 0 Å². The van der Waals surface area contributed by atoms with Crippen molar-refractivity contribution in [1.29, 1.82) is 0 Å². The van der Waals surface area contributed by atoms with Crippen LogP contribution in [0.5, 0.6) is 0 Å². The van der Waals surface area contributed by atoms with Gasteiger partial charge in [0.2, 0.25) is 0 Å². The van der Waals surface area contributed by atoms with Gasteiger partial charge in [-0.3, -0.25) is 0 Å². The van der Waals surface area contributed by atoms with Crippen molar-refractivity contribution in [1.82, 2.24) is 0 Å². The molecular formula is C24H36O4. The second-order valence-electron chi connectivity index (χ2n) is 9.75. The summed E-state index contributed by atoms with van der Waals surface area (Å²) in [6, 6.07) is 4.02. The van der Waals surface area contributed by atoms with Gasteiger partial charge in [0.05, 0.1) is 12.4 Å². The molecule has 0 aromatic carbocycles. The molecule has 0 unspecified atom stereocenters. The van der Waals surface area contributed by atoms with Crippen molar-refractivity contribution in [2.24, 2.45) is 35.0 Å². The average Bonchev–Trinajstić information content (AvgIpc) is 3.33. The first-order valence-corrected chi connectivity index (χ1v) is 11.2. The minimum Gasteiger partial charge on any atom is -0.465 e. The van der Waals surface area contributed by atoms with Gasteiger partial charge < -0.3 is 19.7 Å². The Labute approximate surface area is 168 Å². The topological polar surface area (TPSA) is 73.8 Å². The Hall–Kier alpha value is -1.10. The molecule has 0 amide bonds. The van der Waals surface area contributed by atoms with Gasteiger partial charge in [0.25, 0.3) is 0 Å². The number of hydrogen-bond acceptors (Lipinski definition) is 4. The average molecular weight is 389 g/mol. The maximum absolute atomic E-state index is 10.3. The van der Waals surface area contributed by atoms with Gasteiger partial charge in [-0.15, -0.1) is 0 Å². The van der Waals surface area contributed by atoms with E-state index < -0.39 is 0 Å². The van der Waals surface area contributed by atoms with Crippen molar-refractivity contribution in [3.05, 3.63) is 30.2 Å². The van der Waals surface area contributed by atoms with E-state index >= 15 is 0 Å². The summed E-state index contributed by atoms with van der Waals surface area (Å²) < 4.78 is 5.71. The van der Waals surface area contributed by atoms with Crippen LogP contribution in [0.2, 0.25) is 0 Å². The molecule has 3 aliphatic carbocycles. The monoisotopic (exact) mass is 388 g/mol. The molecule has 0 saturated heterocycles. The fraction of sp³-hybridized carbons (Fsp3) is 0.750. The molecule has 4 nitrogen and oxygen atoms in total. The summed E-state index contributed by atoms with van der Waals surface area (Å²) in [6.45, 7) is 2.81. The van der Waals surface area contributed by atoms with E-state index in [-0.39, 0.29) is 30.7 Å². The third-order valence-corrected chi connectivity index (χ3v) is 8.42. The molecule has 7 atom stereocenters. The molecule has 0 aliphatic heterocycles. The van der Waals surface area contributed by atoms with E-state index in [1.54, 1.807) is 6.26 Å². The van der Waals surface area contributed by atoms with Crippen LogP contribution in [0.4, 0.5) is 0 Å². The minimum atomic E-state index is -0.237. The number of allylic oxidation sites excluding steroid dienone is 2. The molecular weight excluding hydrogens is 352 g/mol. The zero-order valence-corrected chi connectivity index (χ0v) is 17.1. The first kappa shape index (κ1) is 20.2. The Kier molecular flexibility index (Phi) is 6.01. The summed E-state index contributed by atoms with van der Waals surface area (Å²) in [5.74, 6) is 3.12. The number of rotatable bonds is 6. The minimum absolute atomic E-state index is 0.102. The van der Waals surface area contributed by atoms with E-state index in [0.29, 0.717) is 23.7 Å². The van der Waals surface area contributed by atoms with Crippen molar-refractivity contribution in [3.8, 4) is 0 Å². The molecule has 1 aromatic rings. The standard InChI is InChI=1S/C24H36O4/c1-24-11-10-17(5-4-16-6-7-19(27)13-18(16)14-25)20(15-26)21(24)8-9-22(24)23-3-2-12-28-23/h2-3,9,12,16-21,25-27H,4-8,10-11,13-15H2,1H3/t16-,17+,18-,19+,20-,21+,24+/m1/s1. The summed E-state index contributed by atoms with van der Waals surface area (Å²) in [5, 5.41) is 29.9. The van der Waals surface area contributed by atoms with Crippen molar-refractivity contribution in [3.63, 3.8) is 0 Å². The van der Waals surface area contributed by atoms with Gasteiger partial charge in [-0.2, -0.15) is 0 Å². The van der Waals surface area contributed by atoms with Crippen LogP contribution in [0.15, 0.2) is 28.9 Å². The highest BCUT2D eigenvalue weighted by molar-refractivity contribution is 5.69. The molecule has 4 heteroatoms. The highest BCUT2D eigenvalue weighted by Gasteiger charge is 2.51. The van der Waals surface area contributed by atoms with Crippen LogP contribution in [0.25, 0.3) is 5.57 Å². The highest BCUT2D eigenvalue weighted by atomic mass is 16.3. The Bertz CT molecular complexity index is 666. The normalized spacial score (nSPS) is 40.9. The van der Waals surface area contributed by atoms with Crippen LogP contribution in [0, 0.1) is 35.0 Å². The first-order chi connectivity index (χ1) is 13.6. The number of aliphatic hydroxyl groups is 3. The summed E-state index contributed by atoms with van der Waals surface area (Å²) >= 11 is 0. The van der Waals surface area contributed by atoms with Crippen molar-refractivity contribution < 1.29 is 19.7 Å². The van der Waals surface area contributed by atoms with E-state index in [1.807, 2.05) is 6.07 Å². The predicted molar refractivity (Wildman–Crippen MR) is 109 cm³/mol. The lowest BCUT2D eigenvalue weighted by atomic mass is 9.57. The molecule has 1 aromatic heterocycles. The van der Waals surface area contributed by atoms with Crippen LogP contribution < -0.4 is 0 Å². The second-order valence-corrected chi connectivity index (χ2v) is 9.75. The van der Waals surface area contributed by atoms with Crippen molar-refractivity contribution in [2.75, 3.05) is 13.2 Å². The molecule has 2 fully saturated rings. The number of fused-ring (bicyclic) bond motifs is 1. The molecule has 0 bridgehead atoms. The lowest BCUT2D eigenvalue weighted by Gasteiger charge is -2.47. The van der Waals surface area contributed by atoms with Crippen LogP contribution in [-0.4, -0.2) is 34.6 Å². The first-order valence-electron chi connectivity index (χ1n) is 11.2. The van der Waals surface area contributed by atoms with E-state index in [2.05, 4.69) is 19.1 Å². The van der Waals surface area contributed by atoms with Crippen LogP contribution in [0.1, 0.15) is 64.1 Å². The smallest absolute Gasteiger partial charge is 0.130 e. The zero-order valence-electron chi connectivity index (χ0n) is 17.1. The molecule has 2 saturated carbocycles. The fourth-order valence-electron chi connectivity index (χ4n) is 6.72. The molecule has 0 spiro atoms. The number of aliphatic hydroxyl groups excluding tert-OH is 3. The molecule has 3 aliphatic rings. The van der Waals surface area contributed by atoms with Crippen LogP contribution in [-0.2, 0) is 0 Å². The predicted octanol–water partition coefficient (Wildman–Crippen LogP) is 4.26. The van der Waals surface area contributed by atoms with E-state index in [1.165, 1.54) is 5.57 Å². The van der Waals surface area contributed by atoms with Crippen LogP contribution in [0.3, 0.4) is 0 Å². The molecule has 1 heterocycles. The Balaban J connectivity index is 1.41. The summed E-state index contributed by atoms with van der Waals surface area (Å²) in [5.41, 5.74) is 1.44. The van der Waals surface area contributed by atoms with E-state index in [4.69, 9.17) is 4.42 Å². The molecule has 28 heavy (non-hydrogen) atoms. The van der Waals surface area contributed by atoms with Gasteiger partial charge in [0.15, 0.2) is 0 Å². The Morgan fingerprint density at radius 2 is 1.89 bits per heavy atom. The molecule has 4 rings (SSSR count). The second kappa shape index (κ2) is 8.33. The number of hydrogen-bond donors (Lipinski definition) is 3. The summed E-state index contributed by atoms with van der Waals surface area (Å²) in [7, 11) is 0. The van der Waals surface area contributed by atoms with E-state index in [0.717, 1.165) is 57.1 Å². The maximum atomic E-state index is 10.3. The fourth-order valence-corrected chi connectivity index (χ4v) is 6.72. The van der Waals surface area contributed by atoms with Gasteiger partial charge in [0.1, 0.15) is 5.76 Å². The van der Waals surface area contributed by atoms with E-state index in [9.17, 15) is 15.3 Å². The highest BCUT2D eigenvalue weighted by Crippen LogP contribution is 2.59. The molecule has 0 radical (unpaired) electrons. The third-order valence-electron chi connectivity index (χ3n) is 8.42. The Morgan fingerprint density at radius 1 is 1.07 bits per heavy atom. The molecule has 3 N–H and O–H groups in total. The lowest BCUT2D eigenvalue weighted by molar-refractivity contribution is 0.00671. The van der Waals surface area contributed by atoms with Crippen LogP contribution >= 0.6 is 0 Å². The van der Waals surface area contributed by atoms with Crippen molar-refractivity contribution >= 4 is 5.57 Å². The molecule has 156 valence electrons.